The first-order chi connectivity index (χ1) is 10.8. The molecule has 1 aromatic carbocycles. The van der Waals surface area contributed by atoms with Gasteiger partial charge in [-0.3, -0.25) is 4.79 Å². The molecule has 0 spiro atoms. The van der Waals surface area contributed by atoms with E-state index in [-0.39, 0.29) is 11.5 Å². The van der Waals surface area contributed by atoms with Crippen molar-refractivity contribution in [2.24, 2.45) is 5.41 Å². The van der Waals surface area contributed by atoms with Crippen LogP contribution >= 0.6 is 0 Å². The molecule has 2 rings (SSSR count). The lowest BCUT2D eigenvalue weighted by atomic mass is 9.78. The summed E-state index contributed by atoms with van der Waals surface area (Å²) < 4.78 is 11.1. The molecule has 0 aliphatic carbocycles. The van der Waals surface area contributed by atoms with E-state index in [1.165, 1.54) is 0 Å². The van der Waals surface area contributed by atoms with Gasteiger partial charge in [0, 0.05) is 12.8 Å². The number of piperidine rings is 1. The summed E-state index contributed by atoms with van der Waals surface area (Å²) in [5.74, 6) is 0.828. The molecule has 0 bridgehead atoms. The van der Waals surface area contributed by atoms with Gasteiger partial charge in [-0.1, -0.05) is 0 Å². The molecule has 5 heteroatoms. The Morgan fingerprint density at radius 1 is 1.22 bits per heavy atom. The van der Waals surface area contributed by atoms with Gasteiger partial charge in [-0.2, -0.15) is 0 Å². The molecule has 2 N–H and O–H groups in total. The topological polar surface area (TPSA) is 59.6 Å². The molecule has 1 aliphatic rings. The van der Waals surface area contributed by atoms with E-state index in [9.17, 15) is 4.79 Å². The Bertz CT molecular complexity index is 509. The van der Waals surface area contributed by atoms with Gasteiger partial charge in [0.15, 0.2) is 0 Å². The van der Waals surface area contributed by atoms with Crippen LogP contribution in [0.4, 0.5) is 5.69 Å². The number of carbonyl (C=O) groups excluding carboxylic acids is 1. The molecule has 1 saturated heterocycles. The zero-order valence-electron chi connectivity index (χ0n) is 14.6. The van der Waals surface area contributed by atoms with Crippen molar-refractivity contribution in [1.29, 1.82) is 0 Å². The molecule has 1 aliphatic heterocycles. The number of anilines is 1. The van der Waals surface area contributed by atoms with Crippen molar-refractivity contribution in [2.75, 3.05) is 32.1 Å². The number of amides is 1. The van der Waals surface area contributed by atoms with E-state index >= 15 is 0 Å². The Morgan fingerprint density at radius 2 is 1.83 bits per heavy atom. The predicted octanol–water partition coefficient (Wildman–Crippen LogP) is 2.82. The van der Waals surface area contributed by atoms with E-state index in [2.05, 4.69) is 10.6 Å². The van der Waals surface area contributed by atoms with Gasteiger partial charge in [0.25, 0.3) is 0 Å². The predicted molar refractivity (Wildman–Crippen MR) is 91.9 cm³/mol. The first-order valence-corrected chi connectivity index (χ1v) is 8.15. The van der Waals surface area contributed by atoms with Crippen molar-refractivity contribution in [3.8, 4) is 5.75 Å². The maximum Gasteiger partial charge on any atom is 0.233 e. The van der Waals surface area contributed by atoms with E-state index in [0.29, 0.717) is 6.61 Å². The number of ether oxygens (including phenoxy) is 2. The average Bonchev–Trinajstić information content (AvgIpc) is 2.49. The van der Waals surface area contributed by atoms with E-state index in [4.69, 9.17) is 9.47 Å². The van der Waals surface area contributed by atoms with Crippen LogP contribution in [0.5, 0.6) is 5.75 Å². The molecule has 5 nitrogen and oxygen atoms in total. The van der Waals surface area contributed by atoms with Crippen molar-refractivity contribution >= 4 is 11.6 Å². The van der Waals surface area contributed by atoms with Crippen LogP contribution in [0.2, 0.25) is 0 Å². The maximum absolute atomic E-state index is 12.7. The quantitative estimate of drug-likeness (QED) is 0.876. The van der Waals surface area contributed by atoms with Gasteiger partial charge in [-0.05, 0) is 71.0 Å². The first-order valence-electron chi connectivity index (χ1n) is 8.15. The Labute approximate surface area is 138 Å². The first kappa shape index (κ1) is 17.8. The number of carbonyl (C=O) groups is 1. The SMILES string of the molecule is COCC1(C(=O)Nc2ccc(OC(C)(C)C)cc2)CCNCC1. The second-order valence-corrected chi connectivity index (χ2v) is 7.16. The van der Waals surface area contributed by atoms with Crippen LogP contribution in [0.15, 0.2) is 24.3 Å². The highest BCUT2D eigenvalue weighted by Gasteiger charge is 2.39. The van der Waals surface area contributed by atoms with Crippen LogP contribution < -0.4 is 15.4 Å². The summed E-state index contributed by atoms with van der Waals surface area (Å²) in [7, 11) is 1.65. The fraction of sp³-hybridized carbons (Fsp3) is 0.611. The van der Waals surface area contributed by atoms with Crippen molar-refractivity contribution < 1.29 is 14.3 Å². The lowest BCUT2D eigenvalue weighted by Gasteiger charge is -2.35. The van der Waals surface area contributed by atoms with Gasteiger partial charge in [-0.15, -0.1) is 0 Å². The zero-order valence-corrected chi connectivity index (χ0v) is 14.6. The second-order valence-electron chi connectivity index (χ2n) is 7.16. The Balaban J connectivity index is 2.03. The van der Waals surface area contributed by atoms with Crippen LogP contribution in [0.3, 0.4) is 0 Å². The number of benzene rings is 1. The third-order valence-electron chi connectivity index (χ3n) is 4.00. The van der Waals surface area contributed by atoms with E-state index in [0.717, 1.165) is 37.4 Å². The monoisotopic (exact) mass is 320 g/mol. The summed E-state index contributed by atoms with van der Waals surface area (Å²) in [6, 6.07) is 7.51. The van der Waals surface area contributed by atoms with Crippen molar-refractivity contribution in [3.05, 3.63) is 24.3 Å². The summed E-state index contributed by atoms with van der Waals surface area (Å²) in [4.78, 5) is 12.7. The third-order valence-corrected chi connectivity index (χ3v) is 4.00. The van der Waals surface area contributed by atoms with Crippen LogP contribution in [-0.4, -0.2) is 38.3 Å². The number of rotatable bonds is 5. The number of hydrogen-bond acceptors (Lipinski definition) is 4. The maximum atomic E-state index is 12.7. The molecule has 0 atom stereocenters. The normalized spacial score (nSPS) is 17.6. The number of nitrogens with one attached hydrogen (secondary N) is 2. The van der Waals surface area contributed by atoms with Crippen LogP contribution in [0.25, 0.3) is 0 Å². The van der Waals surface area contributed by atoms with Gasteiger partial charge in [0.1, 0.15) is 11.4 Å². The highest BCUT2D eigenvalue weighted by Crippen LogP contribution is 2.31. The molecule has 0 saturated carbocycles. The van der Waals surface area contributed by atoms with Gasteiger partial charge >= 0.3 is 0 Å². The number of methoxy groups -OCH3 is 1. The van der Waals surface area contributed by atoms with Crippen LogP contribution in [-0.2, 0) is 9.53 Å². The van der Waals surface area contributed by atoms with Crippen molar-refractivity contribution in [1.82, 2.24) is 5.32 Å². The van der Waals surface area contributed by atoms with Gasteiger partial charge in [-0.25, -0.2) is 0 Å². The number of hydrogen-bond donors (Lipinski definition) is 2. The van der Waals surface area contributed by atoms with E-state index in [1.54, 1.807) is 7.11 Å². The fourth-order valence-corrected chi connectivity index (χ4v) is 2.84. The molecule has 1 fully saturated rings. The minimum absolute atomic E-state index is 0.0327. The molecule has 0 radical (unpaired) electrons. The summed E-state index contributed by atoms with van der Waals surface area (Å²) in [5.41, 5.74) is 0.105. The van der Waals surface area contributed by atoms with E-state index < -0.39 is 5.41 Å². The summed E-state index contributed by atoms with van der Waals surface area (Å²) >= 11 is 0. The van der Waals surface area contributed by atoms with Gasteiger partial charge in [0.05, 0.1) is 12.0 Å². The molecule has 0 aromatic heterocycles. The van der Waals surface area contributed by atoms with Crippen molar-refractivity contribution in [3.63, 3.8) is 0 Å². The lowest BCUT2D eigenvalue weighted by Crippen LogP contribution is -2.47. The van der Waals surface area contributed by atoms with Gasteiger partial charge in [0.2, 0.25) is 5.91 Å². The van der Waals surface area contributed by atoms with Crippen molar-refractivity contribution in [2.45, 2.75) is 39.2 Å². The fourth-order valence-electron chi connectivity index (χ4n) is 2.84. The Hall–Kier alpha value is -1.59. The standard InChI is InChI=1S/C18H28N2O3/c1-17(2,3)23-15-7-5-14(6-8-15)20-16(21)18(13-22-4)9-11-19-12-10-18/h5-8,19H,9-13H2,1-4H3,(H,20,21). The van der Waals surface area contributed by atoms with Crippen LogP contribution in [0, 0.1) is 5.41 Å². The van der Waals surface area contributed by atoms with E-state index in [1.807, 2.05) is 45.0 Å². The molecular weight excluding hydrogens is 292 g/mol. The third kappa shape index (κ3) is 4.94. The molecule has 128 valence electrons. The average molecular weight is 320 g/mol. The Kier molecular flexibility index (Phi) is 5.65. The second kappa shape index (κ2) is 7.32. The highest BCUT2D eigenvalue weighted by atomic mass is 16.5. The van der Waals surface area contributed by atoms with Crippen LogP contribution in [0.1, 0.15) is 33.6 Å². The summed E-state index contributed by atoms with van der Waals surface area (Å²) in [6.07, 6.45) is 1.58. The molecule has 1 heterocycles. The molecular formula is C18H28N2O3. The minimum atomic E-state index is -0.444. The largest absolute Gasteiger partial charge is 0.488 e. The smallest absolute Gasteiger partial charge is 0.233 e. The summed E-state index contributed by atoms with van der Waals surface area (Å²) in [6.45, 7) is 8.16. The molecule has 0 unspecified atom stereocenters. The molecule has 1 aromatic rings. The van der Waals surface area contributed by atoms with Gasteiger partial charge < -0.3 is 20.1 Å². The minimum Gasteiger partial charge on any atom is -0.488 e. The Morgan fingerprint density at radius 3 is 2.35 bits per heavy atom. The lowest BCUT2D eigenvalue weighted by molar-refractivity contribution is -0.130. The molecule has 23 heavy (non-hydrogen) atoms. The zero-order chi connectivity index (χ0) is 16.9. The molecule has 1 amide bonds. The highest BCUT2D eigenvalue weighted by molar-refractivity contribution is 5.95. The summed E-state index contributed by atoms with van der Waals surface area (Å²) in [5, 5.41) is 6.32.